The molecule has 0 radical (unpaired) electrons. The van der Waals surface area contributed by atoms with Gasteiger partial charge in [0.25, 0.3) is 11.9 Å². The van der Waals surface area contributed by atoms with Gasteiger partial charge in [0.15, 0.2) is 5.76 Å². The fourth-order valence-electron chi connectivity index (χ4n) is 3.62. The number of rotatable bonds is 4. The first-order valence-corrected chi connectivity index (χ1v) is 9.21. The standard InChI is InChI=1S/C18H27N3O5/c1-3-25-18(23)20-11-9-19(10-12-20)14-5-4-8-21(13-14)17(22)15-6-7-16(24-2)26-15/h6-7,14H,3-5,8-13H2,1-2H3/t14-/m1/s1. The van der Waals surface area contributed by atoms with E-state index in [9.17, 15) is 9.59 Å². The van der Waals surface area contributed by atoms with Crippen LogP contribution >= 0.6 is 0 Å². The fraction of sp³-hybridized carbons (Fsp3) is 0.667. The normalized spacial score (nSPS) is 21.5. The average Bonchev–Trinajstić information content (AvgIpc) is 3.17. The lowest BCUT2D eigenvalue weighted by molar-refractivity contribution is 0.0361. The maximum absolute atomic E-state index is 12.7. The highest BCUT2D eigenvalue weighted by molar-refractivity contribution is 5.91. The second kappa shape index (κ2) is 8.44. The zero-order valence-electron chi connectivity index (χ0n) is 15.5. The third kappa shape index (κ3) is 4.12. The number of carbonyl (C=O) groups excluding carboxylic acids is 2. The van der Waals surface area contributed by atoms with Crippen molar-refractivity contribution in [3.63, 3.8) is 0 Å². The van der Waals surface area contributed by atoms with Crippen LogP contribution in [0.25, 0.3) is 0 Å². The Kier molecular flexibility index (Phi) is 6.03. The molecule has 2 aliphatic heterocycles. The third-order valence-corrected chi connectivity index (χ3v) is 5.03. The number of likely N-dealkylation sites (tertiary alicyclic amines) is 1. The molecule has 1 aromatic rings. The zero-order valence-corrected chi connectivity index (χ0v) is 15.5. The Bertz CT molecular complexity index is 624. The largest absolute Gasteiger partial charge is 0.468 e. The summed E-state index contributed by atoms with van der Waals surface area (Å²) in [6.07, 6.45) is 1.79. The summed E-state index contributed by atoms with van der Waals surface area (Å²) in [7, 11) is 1.51. The molecule has 0 spiro atoms. The van der Waals surface area contributed by atoms with Gasteiger partial charge in [0.05, 0.1) is 13.7 Å². The molecule has 0 N–H and O–H groups in total. The maximum Gasteiger partial charge on any atom is 0.409 e. The highest BCUT2D eigenvalue weighted by Crippen LogP contribution is 2.22. The summed E-state index contributed by atoms with van der Waals surface area (Å²) in [6.45, 7) is 6.58. The van der Waals surface area contributed by atoms with E-state index in [0.29, 0.717) is 44.0 Å². The first kappa shape index (κ1) is 18.6. The molecule has 3 heterocycles. The molecule has 2 saturated heterocycles. The number of piperazine rings is 1. The summed E-state index contributed by atoms with van der Waals surface area (Å²) in [5, 5.41) is 0. The number of ether oxygens (including phenoxy) is 2. The Morgan fingerprint density at radius 2 is 1.92 bits per heavy atom. The van der Waals surface area contributed by atoms with E-state index in [0.717, 1.165) is 32.5 Å². The van der Waals surface area contributed by atoms with Crippen LogP contribution in [0.3, 0.4) is 0 Å². The maximum atomic E-state index is 12.7. The molecule has 0 saturated carbocycles. The Morgan fingerprint density at radius 1 is 1.15 bits per heavy atom. The summed E-state index contributed by atoms with van der Waals surface area (Å²) >= 11 is 0. The van der Waals surface area contributed by atoms with Crippen molar-refractivity contribution in [2.24, 2.45) is 0 Å². The summed E-state index contributed by atoms with van der Waals surface area (Å²) < 4.78 is 15.5. The van der Waals surface area contributed by atoms with Gasteiger partial charge in [0.2, 0.25) is 0 Å². The number of piperidine rings is 1. The van der Waals surface area contributed by atoms with Crippen molar-refractivity contribution in [1.82, 2.24) is 14.7 Å². The molecule has 0 aliphatic carbocycles. The Morgan fingerprint density at radius 3 is 2.58 bits per heavy atom. The Hall–Kier alpha value is -2.22. The summed E-state index contributed by atoms with van der Waals surface area (Å²) in [4.78, 5) is 30.5. The van der Waals surface area contributed by atoms with Crippen molar-refractivity contribution >= 4 is 12.0 Å². The Labute approximate surface area is 153 Å². The average molecular weight is 365 g/mol. The minimum absolute atomic E-state index is 0.0943. The molecule has 0 bridgehead atoms. The van der Waals surface area contributed by atoms with Crippen LogP contribution in [0.5, 0.6) is 5.95 Å². The van der Waals surface area contributed by atoms with E-state index >= 15 is 0 Å². The molecule has 144 valence electrons. The zero-order chi connectivity index (χ0) is 18.5. The molecular formula is C18H27N3O5. The van der Waals surface area contributed by atoms with Crippen molar-refractivity contribution in [3.8, 4) is 5.95 Å². The number of hydrogen-bond acceptors (Lipinski definition) is 6. The van der Waals surface area contributed by atoms with Crippen molar-refractivity contribution in [1.29, 1.82) is 0 Å². The van der Waals surface area contributed by atoms with E-state index in [1.54, 1.807) is 17.0 Å². The number of amides is 2. The lowest BCUT2D eigenvalue weighted by Gasteiger charge is -2.42. The molecule has 1 aromatic heterocycles. The van der Waals surface area contributed by atoms with Crippen molar-refractivity contribution in [3.05, 3.63) is 17.9 Å². The summed E-state index contributed by atoms with van der Waals surface area (Å²) in [6, 6.07) is 3.63. The Balaban J connectivity index is 1.54. The minimum atomic E-state index is -0.237. The van der Waals surface area contributed by atoms with E-state index < -0.39 is 0 Å². The quantitative estimate of drug-likeness (QED) is 0.808. The van der Waals surface area contributed by atoms with Crippen LogP contribution in [0.15, 0.2) is 16.5 Å². The van der Waals surface area contributed by atoms with E-state index in [1.165, 1.54) is 7.11 Å². The first-order valence-electron chi connectivity index (χ1n) is 9.21. The number of nitrogens with zero attached hydrogens (tertiary/aromatic N) is 3. The topological polar surface area (TPSA) is 75.5 Å². The second-order valence-corrected chi connectivity index (χ2v) is 6.59. The number of furan rings is 1. The monoisotopic (exact) mass is 365 g/mol. The molecule has 8 heteroatoms. The lowest BCUT2D eigenvalue weighted by atomic mass is 10.0. The molecule has 8 nitrogen and oxygen atoms in total. The van der Waals surface area contributed by atoms with Crippen LogP contribution in [0.4, 0.5) is 4.79 Å². The number of carbonyl (C=O) groups is 2. The van der Waals surface area contributed by atoms with Crippen molar-refractivity contribution in [2.45, 2.75) is 25.8 Å². The predicted octanol–water partition coefficient (Wildman–Crippen LogP) is 1.67. The summed E-state index contributed by atoms with van der Waals surface area (Å²) in [5.41, 5.74) is 0. The second-order valence-electron chi connectivity index (χ2n) is 6.59. The number of hydrogen-bond donors (Lipinski definition) is 0. The van der Waals surface area contributed by atoms with E-state index in [1.807, 2.05) is 11.8 Å². The van der Waals surface area contributed by atoms with E-state index in [2.05, 4.69) is 4.90 Å². The van der Waals surface area contributed by atoms with Gasteiger partial charge in [-0.25, -0.2) is 4.79 Å². The van der Waals surface area contributed by atoms with E-state index in [-0.39, 0.29) is 12.0 Å². The van der Waals surface area contributed by atoms with Gasteiger partial charge >= 0.3 is 6.09 Å². The molecule has 3 rings (SSSR count). The smallest absolute Gasteiger partial charge is 0.409 e. The van der Waals surface area contributed by atoms with Gasteiger partial charge in [-0.1, -0.05) is 0 Å². The lowest BCUT2D eigenvalue weighted by Crippen LogP contribution is -2.56. The van der Waals surface area contributed by atoms with Crippen LogP contribution in [-0.4, -0.2) is 85.7 Å². The van der Waals surface area contributed by atoms with Gasteiger partial charge in [-0.3, -0.25) is 9.69 Å². The highest BCUT2D eigenvalue weighted by Gasteiger charge is 2.32. The highest BCUT2D eigenvalue weighted by atomic mass is 16.6. The van der Waals surface area contributed by atoms with Gasteiger partial charge in [-0.15, -0.1) is 0 Å². The van der Waals surface area contributed by atoms with Gasteiger partial charge in [0.1, 0.15) is 0 Å². The molecule has 1 atom stereocenters. The van der Waals surface area contributed by atoms with Gasteiger partial charge < -0.3 is 23.7 Å². The van der Waals surface area contributed by atoms with Gasteiger partial charge in [0, 0.05) is 51.4 Å². The molecule has 2 fully saturated rings. The van der Waals surface area contributed by atoms with Gasteiger partial charge in [-0.05, 0) is 25.8 Å². The summed E-state index contributed by atoms with van der Waals surface area (Å²) in [5.74, 6) is 0.565. The SMILES string of the molecule is CCOC(=O)N1CCN([C@@H]2CCCN(C(=O)c3ccc(OC)o3)C2)CC1. The van der Waals surface area contributed by atoms with Crippen molar-refractivity contribution < 1.29 is 23.5 Å². The first-order chi connectivity index (χ1) is 12.6. The fourth-order valence-corrected chi connectivity index (χ4v) is 3.62. The molecule has 2 amide bonds. The third-order valence-electron chi connectivity index (χ3n) is 5.03. The molecule has 0 aromatic carbocycles. The molecule has 2 aliphatic rings. The van der Waals surface area contributed by atoms with Gasteiger partial charge in [-0.2, -0.15) is 0 Å². The van der Waals surface area contributed by atoms with Crippen molar-refractivity contribution in [2.75, 3.05) is 53.0 Å². The van der Waals surface area contributed by atoms with Crippen LogP contribution < -0.4 is 4.74 Å². The molecular weight excluding hydrogens is 338 g/mol. The molecule has 26 heavy (non-hydrogen) atoms. The van der Waals surface area contributed by atoms with Crippen LogP contribution in [0.2, 0.25) is 0 Å². The minimum Gasteiger partial charge on any atom is -0.468 e. The van der Waals surface area contributed by atoms with E-state index in [4.69, 9.17) is 13.9 Å². The number of methoxy groups -OCH3 is 1. The predicted molar refractivity (Wildman–Crippen MR) is 94.4 cm³/mol. The van der Waals surface area contributed by atoms with Crippen LogP contribution in [-0.2, 0) is 4.74 Å². The van der Waals surface area contributed by atoms with Crippen LogP contribution in [0, 0.1) is 0 Å². The molecule has 0 unspecified atom stereocenters. The van der Waals surface area contributed by atoms with Crippen LogP contribution in [0.1, 0.15) is 30.3 Å².